The van der Waals surface area contributed by atoms with Crippen molar-refractivity contribution in [2.24, 2.45) is 5.92 Å². The van der Waals surface area contributed by atoms with E-state index in [0.717, 1.165) is 24.8 Å². The van der Waals surface area contributed by atoms with Crippen molar-refractivity contribution in [3.63, 3.8) is 0 Å². The van der Waals surface area contributed by atoms with E-state index in [0.29, 0.717) is 34.1 Å². The van der Waals surface area contributed by atoms with Crippen molar-refractivity contribution in [2.75, 3.05) is 11.9 Å². The van der Waals surface area contributed by atoms with Crippen molar-refractivity contribution in [1.29, 1.82) is 0 Å². The van der Waals surface area contributed by atoms with Gasteiger partial charge in [0.15, 0.2) is 0 Å². The molecule has 1 amide bonds. The SMILES string of the molecule is CCOC(=O)c1c(NC(=O)C(C)Sc2n[nH]c(C)n2)sc2c1CCC(C)C2. The molecule has 27 heavy (non-hydrogen) atoms. The molecular weight excluding hydrogens is 384 g/mol. The van der Waals surface area contributed by atoms with Gasteiger partial charge in [-0.15, -0.1) is 16.4 Å². The Labute approximate surface area is 166 Å². The summed E-state index contributed by atoms with van der Waals surface area (Å²) in [6.07, 6.45) is 2.82. The molecule has 0 saturated carbocycles. The van der Waals surface area contributed by atoms with Gasteiger partial charge in [-0.1, -0.05) is 18.7 Å². The highest BCUT2D eigenvalue weighted by molar-refractivity contribution is 8.00. The maximum absolute atomic E-state index is 12.7. The maximum atomic E-state index is 12.7. The van der Waals surface area contributed by atoms with Gasteiger partial charge in [-0.25, -0.2) is 9.78 Å². The molecule has 0 spiro atoms. The lowest BCUT2D eigenvalue weighted by molar-refractivity contribution is -0.115. The molecule has 3 rings (SSSR count). The molecule has 146 valence electrons. The van der Waals surface area contributed by atoms with Gasteiger partial charge < -0.3 is 10.1 Å². The van der Waals surface area contributed by atoms with Crippen molar-refractivity contribution in [2.45, 2.75) is 57.4 Å². The predicted molar refractivity (Wildman–Crippen MR) is 107 cm³/mol. The topological polar surface area (TPSA) is 97.0 Å². The largest absolute Gasteiger partial charge is 0.462 e. The number of esters is 1. The molecule has 2 atom stereocenters. The van der Waals surface area contributed by atoms with Crippen LogP contribution in [0.1, 0.15) is 53.8 Å². The molecule has 0 fully saturated rings. The van der Waals surface area contributed by atoms with E-state index in [9.17, 15) is 9.59 Å². The minimum atomic E-state index is -0.395. The molecule has 0 aliphatic heterocycles. The quantitative estimate of drug-likeness (QED) is 0.560. The molecule has 2 N–H and O–H groups in total. The first kappa shape index (κ1) is 19.9. The van der Waals surface area contributed by atoms with E-state index in [-0.39, 0.29) is 11.9 Å². The highest BCUT2D eigenvalue weighted by Gasteiger charge is 2.30. The summed E-state index contributed by atoms with van der Waals surface area (Å²) in [5.41, 5.74) is 1.57. The Balaban J connectivity index is 1.80. The number of carbonyl (C=O) groups is 2. The zero-order valence-corrected chi connectivity index (χ0v) is 17.6. The fraction of sp³-hybridized carbons (Fsp3) is 0.556. The van der Waals surface area contributed by atoms with Crippen LogP contribution in [-0.2, 0) is 22.4 Å². The van der Waals surface area contributed by atoms with E-state index in [1.165, 1.54) is 28.0 Å². The second kappa shape index (κ2) is 8.43. The minimum absolute atomic E-state index is 0.181. The van der Waals surface area contributed by atoms with Crippen LogP contribution < -0.4 is 5.32 Å². The number of aromatic amines is 1. The normalized spacial score (nSPS) is 17.3. The lowest BCUT2D eigenvalue weighted by Gasteiger charge is -2.18. The Kier molecular flexibility index (Phi) is 6.21. The van der Waals surface area contributed by atoms with Crippen LogP contribution in [0.15, 0.2) is 5.16 Å². The second-order valence-corrected chi connectivity index (χ2v) is 9.14. The average molecular weight is 409 g/mol. The van der Waals surface area contributed by atoms with Crippen LogP contribution in [0.5, 0.6) is 0 Å². The monoisotopic (exact) mass is 408 g/mol. The van der Waals surface area contributed by atoms with Gasteiger partial charge in [0.2, 0.25) is 11.1 Å². The van der Waals surface area contributed by atoms with Crippen LogP contribution in [0, 0.1) is 12.8 Å². The zero-order chi connectivity index (χ0) is 19.6. The van der Waals surface area contributed by atoms with E-state index < -0.39 is 5.25 Å². The summed E-state index contributed by atoms with van der Waals surface area (Å²) >= 11 is 2.77. The lowest BCUT2D eigenvalue weighted by atomic mass is 9.88. The van der Waals surface area contributed by atoms with Crippen molar-refractivity contribution in [3.05, 3.63) is 21.8 Å². The third kappa shape index (κ3) is 4.52. The highest BCUT2D eigenvalue weighted by Crippen LogP contribution is 2.40. The number of hydrogen-bond donors (Lipinski definition) is 2. The number of fused-ring (bicyclic) bond motifs is 1. The number of thioether (sulfide) groups is 1. The summed E-state index contributed by atoms with van der Waals surface area (Å²) in [6.45, 7) is 7.91. The first-order chi connectivity index (χ1) is 12.9. The minimum Gasteiger partial charge on any atom is -0.462 e. The number of amides is 1. The van der Waals surface area contributed by atoms with E-state index in [4.69, 9.17) is 4.74 Å². The van der Waals surface area contributed by atoms with Crippen LogP contribution in [0.4, 0.5) is 5.00 Å². The Hall–Kier alpha value is -1.87. The number of nitrogens with zero attached hydrogens (tertiary/aromatic N) is 2. The Morgan fingerprint density at radius 2 is 2.26 bits per heavy atom. The van der Waals surface area contributed by atoms with Gasteiger partial charge in [-0.05, 0) is 51.5 Å². The molecule has 1 aliphatic carbocycles. The fourth-order valence-electron chi connectivity index (χ4n) is 3.06. The molecule has 0 aromatic carbocycles. The molecular formula is C18H24N4O3S2. The predicted octanol–water partition coefficient (Wildman–Crippen LogP) is 3.60. The van der Waals surface area contributed by atoms with Gasteiger partial charge in [-0.3, -0.25) is 9.89 Å². The standard InChI is InChI=1S/C18H24N4O3S2/c1-5-25-17(24)14-12-7-6-9(2)8-13(12)27-16(14)20-15(23)10(3)26-18-19-11(4)21-22-18/h9-10H,5-8H2,1-4H3,(H,20,23)(H,19,21,22). The van der Waals surface area contributed by atoms with Gasteiger partial charge in [-0.2, -0.15) is 0 Å². The molecule has 0 bridgehead atoms. The summed E-state index contributed by atoms with van der Waals surface area (Å²) < 4.78 is 5.25. The molecule has 9 heteroatoms. The maximum Gasteiger partial charge on any atom is 0.341 e. The third-order valence-electron chi connectivity index (χ3n) is 4.46. The summed E-state index contributed by atoms with van der Waals surface area (Å²) in [5, 5.41) is 10.5. The smallest absolute Gasteiger partial charge is 0.341 e. The summed E-state index contributed by atoms with van der Waals surface area (Å²) in [4.78, 5) is 30.6. The van der Waals surface area contributed by atoms with Gasteiger partial charge >= 0.3 is 5.97 Å². The van der Waals surface area contributed by atoms with Crippen LogP contribution in [0.25, 0.3) is 0 Å². The van der Waals surface area contributed by atoms with Gasteiger partial charge in [0.1, 0.15) is 10.8 Å². The van der Waals surface area contributed by atoms with Gasteiger partial charge in [0, 0.05) is 4.88 Å². The zero-order valence-electron chi connectivity index (χ0n) is 15.9. The van der Waals surface area contributed by atoms with Crippen molar-refractivity contribution < 1.29 is 14.3 Å². The summed E-state index contributed by atoms with van der Waals surface area (Å²) in [6, 6.07) is 0. The number of carbonyl (C=O) groups excluding carboxylic acids is 2. The number of anilines is 1. The fourth-order valence-corrected chi connectivity index (χ4v) is 5.23. The van der Waals surface area contributed by atoms with Crippen LogP contribution in [0.3, 0.4) is 0 Å². The Bertz CT molecular complexity index is 846. The molecule has 0 saturated heterocycles. The number of aryl methyl sites for hydroxylation is 1. The second-order valence-electron chi connectivity index (χ2n) is 6.73. The van der Waals surface area contributed by atoms with Crippen LogP contribution in [0.2, 0.25) is 0 Å². The molecule has 2 aromatic rings. The number of nitrogens with one attached hydrogen (secondary N) is 2. The number of rotatable bonds is 6. The van der Waals surface area contributed by atoms with Crippen LogP contribution >= 0.6 is 23.1 Å². The summed E-state index contributed by atoms with van der Waals surface area (Å²) in [7, 11) is 0. The van der Waals surface area contributed by atoms with E-state index in [1.54, 1.807) is 13.8 Å². The number of ether oxygens (including phenoxy) is 1. The molecule has 2 aromatic heterocycles. The summed E-state index contributed by atoms with van der Waals surface area (Å²) in [5.74, 6) is 0.748. The number of aromatic nitrogens is 3. The number of thiophene rings is 1. The Morgan fingerprint density at radius 1 is 1.48 bits per heavy atom. The van der Waals surface area contributed by atoms with Crippen molar-refractivity contribution in [3.8, 4) is 0 Å². The lowest BCUT2D eigenvalue weighted by Crippen LogP contribution is -2.23. The first-order valence-corrected chi connectivity index (χ1v) is 10.8. The molecule has 2 heterocycles. The molecule has 7 nitrogen and oxygen atoms in total. The van der Waals surface area contributed by atoms with Crippen molar-refractivity contribution >= 4 is 40.0 Å². The highest BCUT2D eigenvalue weighted by atomic mass is 32.2. The van der Waals surface area contributed by atoms with Crippen LogP contribution in [-0.4, -0.2) is 38.9 Å². The van der Waals surface area contributed by atoms with E-state index in [1.807, 2.05) is 6.92 Å². The van der Waals surface area contributed by atoms with E-state index in [2.05, 4.69) is 27.4 Å². The first-order valence-electron chi connectivity index (χ1n) is 9.07. The van der Waals surface area contributed by atoms with Crippen molar-refractivity contribution in [1.82, 2.24) is 15.2 Å². The van der Waals surface area contributed by atoms with E-state index >= 15 is 0 Å². The number of H-pyrrole nitrogens is 1. The third-order valence-corrected chi connectivity index (χ3v) is 6.59. The van der Waals surface area contributed by atoms with Gasteiger partial charge in [0.25, 0.3) is 0 Å². The van der Waals surface area contributed by atoms with Gasteiger partial charge in [0.05, 0.1) is 17.4 Å². The Morgan fingerprint density at radius 3 is 2.93 bits per heavy atom. The molecule has 1 aliphatic rings. The molecule has 2 unspecified atom stereocenters. The average Bonchev–Trinajstić information content (AvgIpc) is 3.17. The number of hydrogen-bond acceptors (Lipinski definition) is 7. The molecule has 0 radical (unpaired) electrons.